The minimum Gasteiger partial charge on any atom is -0.465 e. The van der Waals surface area contributed by atoms with Crippen molar-refractivity contribution in [3.63, 3.8) is 0 Å². The number of hydrogen-bond acceptors (Lipinski definition) is 7. The molecule has 1 heterocycles. The molecule has 6 N–H and O–H groups in total. The van der Waals surface area contributed by atoms with Gasteiger partial charge in [0.25, 0.3) is 11.8 Å². The standard InChI is InChI=1S/C24H26N6O5S/c1-13(31)26-15-7-5-14(6-8-15)20(33)29-21-18(19(25)32)28-22(36-21)27-16-9-11-17(12-10-16)30(23(34)35)24(2,3)4/h5-12H,1-4H3,(H2,25,32)(H,26,31)(H,27,28)(H,29,33)(H,34,35). The highest BCUT2D eigenvalue weighted by Gasteiger charge is 2.27. The number of hydrogen-bond donors (Lipinski definition) is 5. The van der Waals surface area contributed by atoms with Gasteiger partial charge in [0.05, 0.1) is 0 Å². The Hall–Kier alpha value is -4.45. The van der Waals surface area contributed by atoms with Crippen LogP contribution in [-0.2, 0) is 4.79 Å². The van der Waals surface area contributed by atoms with Gasteiger partial charge in [-0.1, -0.05) is 11.3 Å². The monoisotopic (exact) mass is 510 g/mol. The molecular weight excluding hydrogens is 484 g/mol. The van der Waals surface area contributed by atoms with Gasteiger partial charge in [0.1, 0.15) is 5.00 Å². The van der Waals surface area contributed by atoms with Gasteiger partial charge in [-0.25, -0.2) is 9.78 Å². The number of thiazole rings is 1. The summed E-state index contributed by atoms with van der Waals surface area (Å²) in [6, 6.07) is 12.9. The van der Waals surface area contributed by atoms with E-state index in [0.29, 0.717) is 27.8 Å². The lowest BCUT2D eigenvalue weighted by Gasteiger charge is -2.33. The molecule has 4 amide bonds. The minimum absolute atomic E-state index is 0.105. The van der Waals surface area contributed by atoms with Crippen molar-refractivity contribution in [3.8, 4) is 0 Å². The lowest BCUT2D eigenvalue weighted by Crippen LogP contribution is -2.45. The van der Waals surface area contributed by atoms with E-state index >= 15 is 0 Å². The molecule has 0 spiro atoms. The Morgan fingerprint density at radius 3 is 2.03 bits per heavy atom. The molecule has 12 heteroatoms. The fourth-order valence-electron chi connectivity index (χ4n) is 3.31. The highest BCUT2D eigenvalue weighted by Crippen LogP contribution is 2.32. The van der Waals surface area contributed by atoms with Crippen LogP contribution in [0.3, 0.4) is 0 Å². The van der Waals surface area contributed by atoms with E-state index in [2.05, 4.69) is 20.9 Å². The third-order valence-corrected chi connectivity index (χ3v) is 5.68. The predicted octanol–water partition coefficient (Wildman–Crippen LogP) is 4.48. The zero-order valence-electron chi connectivity index (χ0n) is 20.1. The van der Waals surface area contributed by atoms with Gasteiger partial charge < -0.3 is 26.8 Å². The van der Waals surface area contributed by atoms with Gasteiger partial charge in [0, 0.05) is 35.1 Å². The van der Waals surface area contributed by atoms with Gasteiger partial charge in [-0.05, 0) is 69.3 Å². The number of carboxylic acid groups (broad SMARTS) is 1. The molecule has 0 radical (unpaired) electrons. The molecule has 0 aliphatic carbocycles. The summed E-state index contributed by atoms with van der Waals surface area (Å²) in [6.45, 7) is 6.76. The third-order valence-electron chi connectivity index (χ3n) is 4.79. The van der Waals surface area contributed by atoms with Crippen molar-refractivity contribution in [2.75, 3.05) is 20.9 Å². The number of primary amides is 1. The van der Waals surface area contributed by atoms with Crippen molar-refractivity contribution in [2.24, 2.45) is 5.73 Å². The summed E-state index contributed by atoms with van der Waals surface area (Å²) in [7, 11) is 0. The quantitative estimate of drug-likeness (QED) is 0.312. The van der Waals surface area contributed by atoms with Crippen molar-refractivity contribution in [3.05, 3.63) is 59.8 Å². The second-order valence-electron chi connectivity index (χ2n) is 8.73. The molecule has 36 heavy (non-hydrogen) atoms. The lowest BCUT2D eigenvalue weighted by molar-refractivity contribution is -0.114. The third kappa shape index (κ3) is 6.36. The molecule has 3 rings (SSSR count). The molecule has 0 unspecified atom stereocenters. The number of amides is 4. The molecule has 0 aliphatic rings. The first-order chi connectivity index (χ1) is 16.8. The predicted molar refractivity (Wildman–Crippen MR) is 139 cm³/mol. The van der Waals surface area contributed by atoms with Crippen LogP contribution in [0.5, 0.6) is 0 Å². The Labute approximate surface area is 211 Å². The Balaban J connectivity index is 1.77. The van der Waals surface area contributed by atoms with Gasteiger partial charge in [0.15, 0.2) is 10.8 Å². The number of nitrogens with two attached hydrogens (primary N) is 1. The van der Waals surface area contributed by atoms with E-state index in [9.17, 15) is 24.3 Å². The number of carbonyl (C=O) groups excluding carboxylic acids is 3. The van der Waals surface area contributed by atoms with Crippen LogP contribution in [-0.4, -0.2) is 39.4 Å². The number of anilines is 5. The van der Waals surface area contributed by atoms with Crippen LogP contribution in [0.25, 0.3) is 0 Å². The van der Waals surface area contributed by atoms with E-state index < -0.39 is 23.4 Å². The SMILES string of the molecule is CC(=O)Nc1ccc(C(=O)Nc2sc(Nc3ccc(N(C(=O)O)C(C)(C)C)cc3)nc2C(N)=O)cc1. The second-order valence-corrected chi connectivity index (χ2v) is 9.73. The fraction of sp³-hybridized carbons (Fsp3) is 0.208. The highest BCUT2D eigenvalue weighted by atomic mass is 32.1. The maximum Gasteiger partial charge on any atom is 0.412 e. The van der Waals surface area contributed by atoms with Crippen LogP contribution >= 0.6 is 11.3 Å². The van der Waals surface area contributed by atoms with Gasteiger partial charge >= 0.3 is 6.09 Å². The largest absolute Gasteiger partial charge is 0.465 e. The Morgan fingerprint density at radius 2 is 1.53 bits per heavy atom. The number of nitrogens with zero attached hydrogens (tertiary/aromatic N) is 2. The molecule has 1 aromatic heterocycles. The maximum atomic E-state index is 12.7. The number of rotatable bonds is 7. The number of benzene rings is 2. The molecule has 11 nitrogen and oxygen atoms in total. The Bertz CT molecular complexity index is 1300. The van der Waals surface area contributed by atoms with Gasteiger partial charge in [0.2, 0.25) is 5.91 Å². The summed E-state index contributed by atoms with van der Waals surface area (Å²) in [5, 5.41) is 18.3. The first-order valence-corrected chi connectivity index (χ1v) is 11.6. The van der Waals surface area contributed by atoms with Crippen LogP contribution in [0.2, 0.25) is 0 Å². The summed E-state index contributed by atoms with van der Waals surface area (Å²) in [6.07, 6.45) is -1.07. The lowest BCUT2D eigenvalue weighted by atomic mass is 10.1. The Kier molecular flexibility index (Phi) is 7.59. The first kappa shape index (κ1) is 26.2. The van der Waals surface area contributed by atoms with Gasteiger partial charge in [-0.3, -0.25) is 19.3 Å². The van der Waals surface area contributed by atoms with Crippen LogP contribution < -0.4 is 26.6 Å². The zero-order valence-corrected chi connectivity index (χ0v) is 20.9. The normalized spacial score (nSPS) is 10.9. The molecule has 0 fully saturated rings. The molecular formula is C24H26N6O5S. The van der Waals surface area contributed by atoms with Crippen molar-refractivity contribution >= 4 is 62.3 Å². The highest BCUT2D eigenvalue weighted by molar-refractivity contribution is 7.20. The fourth-order valence-corrected chi connectivity index (χ4v) is 4.20. The minimum atomic E-state index is -1.07. The Morgan fingerprint density at radius 1 is 0.944 bits per heavy atom. The first-order valence-electron chi connectivity index (χ1n) is 10.7. The smallest absolute Gasteiger partial charge is 0.412 e. The van der Waals surface area contributed by atoms with E-state index in [1.807, 2.05) is 0 Å². The zero-order chi connectivity index (χ0) is 26.6. The number of aromatic nitrogens is 1. The molecule has 0 aliphatic heterocycles. The van der Waals surface area contributed by atoms with Crippen LogP contribution in [0.4, 0.5) is 32.0 Å². The van der Waals surface area contributed by atoms with Crippen LogP contribution in [0.1, 0.15) is 48.5 Å². The summed E-state index contributed by atoms with van der Waals surface area (Å²) >= 11 is 1.02. The van der Waals surface area contributed by atoms with Crippen LogP contribution in [0, 0.1) is 0 Å². The van der Waals surface area contributed by atoms with E-state index in [1.54, 1.807) is 57.2 Å². The van der Waals surface area contributed by atoms with Gasteiger partial charge in [-0.15, -0.1) is 0 Å². The number of nitrogens with one attached hydrogen (secondary N) is 3. The topological polar surface area (TPSA) is 167 Å². The number of carbonyl (C=O) groups is 4. The molecule has 188 valence electrons. The molecule has 0 bridgehead atoms. The summed E-state index contributed by atoms with van der Waals surface area (Å²) in [5.41, 5.74) is 6.64. The maximum absolute atomic E-state index is 12.7. The van der Waals surface area contributed by atoms with E-state index in [4.69, 9.17) is 5.73 Å². The van der Waals surface area contributed by atoms with E-state index in [1.165, 1.54) is 24.0 Å². The van der Waals surface area contributed by atoms with Crippen molar-refractivity contribution in [1.82, 2.24) is 4.98 Å². The average Bonchev–Trinajstić information content (AvgIpc) is 3.16. The summed E-state index contributed by atoms with van der Waals surface area (Å²) < 4.78 is 0. The van der Waals surface area contributed by atoms with Crippen molar-refractivity contribution in [2.45, 2.75) is 33.2 Å². The van der Waals surface area contributed by atoms with E-state index in [0.717, 1.165) is 11.3 Å². The van der Waals surface area contributed by atoms with E-state index in [-0.39, 0.29) is 16.6 Å². The van der Waals surface area contributed by atoms with Gasteiger partial charge in [-0.2, -0.15) is 0 Å². The second kappa shape index (κ2) is 10.4. The molecule has 3 aromatic rings. The summed E-state index contributed by atoms with van der Waals surface area (Å²) in [4.78, 5) is 52.9. The summed E-state index contributed by atoms with van der Waals surface area (Å²) in [5.74, 6) is -1.53. The van der Waals surface area contributed by atoms with Crippen LogP contribution in [0.15, 0.2) is 48.5 Å². The molecule has 2 aromatic carbocycles. The molecule has 0 saturated carbocycles. The average molecular weight is 511 g/mol. The molecule has 0 saturated heterocycles. The van der Waals surface area contributed by atoms with Crippen molar-refractivity contribution in [1.29, 1.82) is 0 Å². The molecule has 0 atom stereocenters. The van der Waals surface area contributed by atoms with Crippen molar-refractivity contribution < 1.29 is 24.3 Å².